The number of piperidine rings is 1. The number of nitrogens with zero attached hydrogens (tertiary/aromatic N) is 6. The van der Waals surface area contributed by atoms with Crippen LogP contribution in [0.25, 0.3) is 27.8 Å². The zero-order valence-electron chi connectivity index (χ0n) is 18.4. The van der Waals surface area contributed by atoms with Gasteiger partial charge in [-0.25, -0.2) is 13.9 Å². The molecule has 8 heteroatoms. The predicted octanol–water partition coefficient (Wildman–Crippen LogP) is 3.66. The van der Waals surface area contributed by atoms with Gasteiger partial charge in [0.25, 0.3) is 0 Å². The number of fused-ring (bicyclic) bond motifs is 2. The third kappa shape index (κ3) is 3.12. The molecule has 1 aliphatic carbocycles. The van der Waals surface area contributed by atoms with E-state index in [0.29, 0.717) is 5.52 Å². The number of β-amino-alcohol motifs (C(OH)–C–C–N with tert-alkyl or cyclic N) is 1. The van der Waals surface area contributed by atoms with Gasteiger partial charge in [0, 0.05) is 35.8 Å². The molecule has 0 bridgehead atoms. The number of hydrogen-bond donors (Lipinski definition) is 1. The first-order valence-electron chi connectivity index (χ1n) is 11.3. The van der Waals surface area contributed by atoms with E-state index >= 15 is 4.39 Å². The first-order chi connectivity index (χ1) is 15.5. The number of likely N-dealkylation sites (tertiary alicyclic amines) is 1. The SMILES string of the molecule is Cc1cn2nc(-c3cc(F)c4nn([C@H]5CCN(CCO)C6(CC6)C5)cc4c3)cc(C)c2n1. The minimum Gasteiger partial charge on any atom is -0.395 e. The van der Waals surface area contributed by atoms with E-state index in [2.05, 4.69) is 20.1 Å². The highest BCUT2D eigenvalue weighted by molar-refractivity contribution is 5.84. The lowest BCUT2D eigenvalue weighted by Crippen LogP contribution is -2.46. The maximum atomic E-state index is 15.1. The summed E-state index contributed by atoms with van der Waals surface area (Å²) >= 11 is 0. The lowest BCUT2D eigenvalue weighted by molar-refractivity contribution is 0.0737. The number of benzene rings is 1. The van der Waals surface area contributed by atoms with E-state index in [0.717, 1.165) is 59.5 Å². The Morgan fingerprint density at radius 3 is 2.78 bits per heavy atom. The summed E-state index contributed by atoms with van der Waals surface area (Å²) in [5, 5.41) is 19.5. The van der Waals surface area contributed by atoms with Gasteiger partial charge in [0.05, 0.1) is 30.2 Å². The standard InChI is InChI=1S/C24H27FN6O/c1-15-9-21(27-31-13-16(2)26-23(15)31)17-10-18-14-30(28-22(18)20(25)11-17)19-3-6-29(7-8-32)24(12-19)4-5-24/h9-11,13-14,19,32H,3-8,12H2,1-2H3/t19-/m0/s1. The monoisotopic (exact) mass is 434 g/mol. The molecule has 1 aromatic carbocycles. The number of aromatic nitrogens is 5. The van der Waals surface area contributed by atoms with Crippen molar-refractivity contribution in [1.82, 2.24) is 29.3 Å². The highest BCUT2D eigenvalue weighted by atomic mass is 19.1. The van der Waals surface area contributed by atoms with Crippen molar-refractivity contribution in [3.8, 4) is 11.3 Å². The summed E-state index contributed by atoms with van der Waals surface area (Å²) in [6.45, 7) is 5.82. The number of hydrogen-bond acceptors (Lipinski definition) is 5. The molecule has 6 rings (SSSR count). The molecule has 1 N–H and O–H groups in total. The Labute approximate surface area is 185 Å². The zero-order valence-corrected chi connectivity index (χ0v) is 18.4. The average Bonchev–Trinajstić information content (AvgIpc) is 3.20. The van der Waals surface area contributed by atoms with Crippen LogP contribution < -0.4 is 0 Å². The molecule has 3 aromatic heterocycles. The second-order valence-corrected chi connectivity index (χ2v) is 9.45. The van der Waals surface area contributed by atoms with Crippen LogP contribution in [-0.2, 0) is 0 Å². The summed E-state index contributed by atoms with van der Waals surface area (Å²) in [7, 11) is 0. The number of aliphatic hydroxyl groups is 1. The van der Waals surface area contributed by atoms with Gasteiger partial charge in [-0.1, -0.05) is 0 Å². The van der Waals surface area contributed by atoms with Gasteiger partial charge in [-0.05, 0) is 63.3 Å². The maximum absolute atomic E-state index is 15.1. The van der Waals surface area contributed by atoms with Crippen molar-refractivity contribution in [3.63, 3.8) is 0 Å². The topological polar surface area (TPSA) is 71.5 Å². The molecule has 7 nitrogen and oxygen atoms in total. The smallest absolute Gasteiger partial charge is 0.156 e. The van der Waals surface area contributed by atoms with Crippen molar-refractivity contribution in [2.45, 2.75) is 51.1 Å². The van der Waals surface area contributed by atoms with E-state index in [1.165, 1.54) is 18.9 Å². The Morgan fingerprint density at radius 2 is 2.00 bits per heavy atom. The van der Waals surface area contributed by atoms with E-state index in [1.54, 1.807) is 4.52 Å². The Hall–Kier alpha value is -2.84. The molecule has 0 radical (unpaired) electrons. The molecule has 0 amide bonds. The van der Waals surface area contributed by atoms with Crippen LogP contribution in [0.4, 0.5) is 4.39 Å². The molecule has 4 aromatic rings. The van der Waals surface area contributed by atoms with Crippen molar-refractivity contribution >= 4 is 16.6 Å². The van der Waals surface area contributed by atoms with E-state index in [9.17, 15) is 5.11 Å². The third-order valence-electron chi connectivity index (χ3n) is 7.20. The molecule has 4 heterocycles. The highest BCUT2D eigenvalue weighted by Gasteiger charge is 2.51. The third-order valence-corrected chi connectivity index (χ3v) is 7.20. The number of rotatable bonds is 4. The summed E-state index contributed by atoms with van der Waals surface area (Å²) in [6.07, 6.45) is 8.18. The Bertz CT molecular complexity index is 1340. The summed E-state index contributed by atoms with van der Waals surface area (Å²) in [5.74, 6) is -0.323. The Morgan fingerprint density at radius 1 is 1.16 bits per heavy atom. The number of imidazole rings is 1. The molecule has 0 unspecified atom stereocenters. The predicted molar refractivity (Wildman–Crippen MR) is 120 cm³/mol. The molecule has 1 atom stereocenters. The normalized spacial score (nSPS) is 20.6. The molecule has 166 valence electrons. The Kier molecular flexibility index (Phi) is 4.39. The Balaban J connectivity index is 1.35. The minimum atomic E-state index is -0.323. The molecule has 1 aliphatic heterocycles. The van der Waals surface area contributed by atoms with E-state index in [-0.39, 0.29) is 24.0 Å². The van der Waals surface area contributed by atoms with Crippen LogP contribution in [-0.4, -0.2) is 59.6 Å². The largest absolute Gasteiger partial charge is 0.395 e. The average molecular weight is 435 g/mol. The van der Waals surface area contributed by atoms with Gasteiger partial charge in [-0.2, -0.15) is 10.2 Å². The number of aliphatic hydroxyl groups excluding tert-OH is 1. The van der Waals surface area contributed by atoms with Crippen molar-refractivity contribution in [1.29, 1.82) is 0 Å². The number of halogens is 1. The minimum absolute atomic E-state index is 0.198. The number of aryl methyl sites for hydroxylation is 2. The van der Waals surface area contributed by atoms with Crippen LogP contribution in [0, 0.1) is 19.7 Å². The van der Waals surface area contributed by atoms with Gasteiger partial charge in [0.15, 0.2) is 11.5 Å². The zero-order chi connectivity index (χ0) is 22.0. The van der Waals surface area contributed by atoms with Crippen LogP contribution in [0.1, 0.15) is 43.0 Å². The quantitative estimate of drug-likeness (QED) is 0.531. The van der Waals surface area contributed by atoms with Gasteiger partial charge >= 0.3 is 0 Å². The van der Waals surface area contributed by atoms with Crippen LogP contribution in [0.3, 0.4) is 0 Å². The summed E-state index contributed by atoms with van der Waals surface area (Å²) < 4.78 is 18.8. The van der Waals surface area contributed by atoms with E-state index < -0.39 is 0 Å². The second kappa shape index (κ2) is 7.08. The van der Waals surface area contributed by atoms with Gasteiger partial charge in [0.2, 0.25) is 0 Å². The fourth-order valence-electron chi connectivity index (χ4n) is 5.40. The lowest BCUT2D eigenvalue weighted by atomic mass is 9.95. The van der Waals surface area contributed by atoms with Gasteiger partial charge in [0.1, 0.15) is 5.52 Å². The first-order valence-corrected chi connectivity index (χ1v) is 11.3. The summed E-state index contributed by atoms with van der Waals surface area (Å²) in [5.41, 5.74) is 4.79. The molecule has 2 fully saturated rings. The molecular weight excluding hydrogens is 407 g/mol. The summed E-state index contributed by atoms with van der Waals surface area (Å²) in [4.78, 5) is 6.92. The molecule has 1 spiro atoms. The molecule has 2 aliphatic rings. The molecular formula is C24H27FN6O. The van der Waals surface area contributed by atoms with Gasteiger partial charge < -0.3 is 5.11 Å². The van der Waals surface area contributed by atoms with Crippen molar-refractivity contribution in [2.75, 3.05) is 19.7 Å². The van der Waals surface area contributed by atoms with Crippen LogP contribution in [0.2, 0.25) is 0 Å². The second-order valence-electron chi connectivity index (χ2n) is 9.45. The van der Waals surface area contributed by atoms with Crippen molar-refractivity contribution < 1.29 is 9.50 Å². The fourth-order valence-corrected chi connectivity index (χ4v) is 5.40. The van der Waals surface area contributed by atoms with Crippen LogP contribution in [0.15, 0.2) is 30.6 Å². The molecule has 1 saturated carbocycles. The molecule has 1 saturated heterocycles. The van der Waals surface area contributed by atoms with E-state index in [4.69, 9.17) is 0 Å². The lowest BCUT2D eigenvalue weighted by Gasteiger charge is -2.40. The van der Waals surface area contributed by atoms with Crippen LogP contribution >= 0.6 is 0 Å². The molecule has 32 heavy (non-hydrogen) atoms. The van der Waals surface area contributed by atoms with Gasteiger partial charge in [-0.3, -0.25) is 9.58 Å². The van der Waals surface area contributed by atoms with Crippen molar-refractivity contribution in [3.05, 3.63) is 47.7 Å². The highest BCUT2D eigenvalue weighted by Crippen LogP contribution is 2.51. The fraction of sp³-hybridized carbons (Fsp3) is 0.458. The first kappa shape index (κ1) is 19.8. The van der Waals surface area contributed by atoms with Crippen LogP contribution in [0.5, 0.6) is 0 Å². The van der Waals surface area contributed by atoms with Gasteiger partial charge in [-0.15, -0.1) is 0 Å². The van der Waals surface area contributed by atoms with E-state index in [1.807, 2.05) is 43.1 Å². The maximum Gasteiger partial charge on any atom is 0.156 e. The van der Waals surface area contributed by atoms with Crippen molar-refractivity contribution in [2.24, 2.45) is 0 Å². The summed E-state index contributed by atoms with van der Waals surface area (Å²) in [6, 6.07) is 5.73.